The third-order valence-corrected chi connectivity index (χ3v) is 9.58. The molecule has 0 aliphatic carbocycles. The van der Waals surface area contributed by atoms with Crippen LogP contribution in [0.3, 0.4) is 0 Å². The number of unbranched alkanes of at least 4 members (excludes halogenated alkanes) is 1. The maximum Gasteiger partial charge on any atom is 0.338 e. The number of carbonyl (C=O) groups is 4. The molecule has 0 radical (unpaired) electrons. The molecule has 288 valence electrons. The Morgan fingerprint density at radius 1 is 0.696 bits per heavy atom. The zero-order valence-corrected chi connectivity index (χ0v) is 32.3. The third kappa shape index (κ3) is 11.0. The Hall–Kier alpha value is -6.53. The van der Waals surface area contributed by atoms with Crippen molar-refractivity contribution in [2.24, 2.45) is 0 Å². The number of methoxy groups -OCH3 is 3. The molecule has 12 heteroatoms. The molecule has 0 aliphatic rings. The van der Waals surface area contributed by atoms with E-state index in [0.29, 0.717) is 56.8 Å². The van der Waals surface area contributed by atoms with Crippen LogP contribution < -0.4 is 30.2 Å². The Kier molecular flexibility index (Phi) is 14.7. The van der Waals surface area contributed by atoms with E-state index in [9.17, 15) is 19.2 Å². The van der Waals surface area contributed by atoms with Crippen molar-refractivity contribution in [1.29, 1.82) is 0 Å². The number of thioether (sulfide) groups is 1. The van der Waals surface area contributed by atoms with Crippen LogP contribution in [-0.4, -0.2) is 51.6 Å². The van der Waals surface area contributed by atoms with Crippen molar-refractivity contribution in [3.05, 3.63) is 149 Å². The lowest BCUT2D eigenvalue weighted by Crippen LogP contribution is -2.30. The lowest BCUT2D eigenvalue weighted by molar-refractivity contribution is -0.116. The van der Waals surface area contributed by atoms with Crippen molar-refractivity contribution in [3.63, 3.8) is 0 Å². The zero-order valence-electron chi connectivity index (χ0n) is 31.5. The van der Waals surface area contributed by atoms with Crippen molar-refractivity contribution in [2.75, 3.05) is 38.6 Å². The van der Waals surface area contributed by atoms with Crippen molar-refractivity contribution in [2.45, 2.75) is 29.9 Å². The quantitative estimate of drug-likeness (QED) is 0.0367. The van der Waals surface area contributed by atoms with Gasteiger partial charge in [-0.25, -0.2) is 4.79 Å². The van der Waals surface area contributed by atoms with E-state index in [1.807, 2.05) is 43.3 Å². The summed E-state index contributed by atoms with van der Waals surface area (Å²) in [6, 6.07) is 34.8. The number of ether oxygens (including phenoxy) is 4. The minimum absolute atomic E-state index is 0.0482. The fraction of sp³-hybridized carbons (Fsp3) is 0.182. The summed E-state index contributed by atoms with van der Waals surface area (Å²) in [6.07, 6.45) is 3.22. The van der Waals surface area contributed by atoms with Crippen LogP contribution in [0.5, 0.6) is 17.2 Å². The molecule has 0 aromatic heterocycles. The van der Waals surface area contributed by atoms with E-state index in [2.05, 4.69) is 16.0 Å². The smallest absolute Gasteiger partial charge is 0.338 e. The van der Waals surface area contributed by atoms with Gasteiger partial charge in [0.1, 0.15) is 10.9 Å². The van der Waals surface area contributed by atoms with Gasteiger partial charge in [0, 0.05) is 21.8 Å². The summed E-state index contributed by atoms with van der Waals surface area (Å²) in [6.45, 7) is 2.37. The molecule has 3 N–H and O–H groups in total. The predicted molar refractivity (Wildman–Crippen MR) is 218 cm³/mol. The van der Waals surface area contributed by atoms with Gasteiger partial charge in [-0.05, 0) is 90.4 Å². The average Bonchev–Trinajstić information content (AvgIpc) is 3.23. The highest BCUT2D eigenvalue weighted by molar-refractivity contribution is 8.00. The van der Waals surface area contributed by atoms with E-state index >= 15 is 0 Å². The first kappa shape index (κ1) is 40.7. The van der Waals surface area contributed by atoms with Gasteiger partial charge in [-0.3, -0.25) is 14.4 Å². The minimum atomic E-state index is -0.679. The van der Waals surface area contributed by atoms with Gasteiger partial charge in [0.15, 0.2) is 11.5 Å². The summed E-state index contributed by atoms with van der Waals surface area (Å²) in [7, 11) is 4.46. The number of hydrogen-bond donors (Lipinski definition) is 3. The van der Waals surface area contributed by atoms with Crippen molar-refractivity contribution >= 4 is 52.9 Å². The Morgan fingerprint density at radius 3 is 1.98 bits per heavy atom. The van der Waals surface area contributed by atoms with Gasteiger partial charge in [-0.1, -0.05) is 67.9 Å². The average molecular weight is 774 g/mol. The molecule has 0 bridgehead atoms. The van der Waals surface area contributed by atoms with Crippen LogP contribution in [0.4, 0.5) is 11.4 Å². The van der Waals surface area contributed by atoms with E-state index in [-0.39, 0.29) is 11.6 Å². The van der Waals surface area contributed by atoms with E-state index < -0.39 is 23.0 Å². The number of esters is 1. The molecule has 1 atom stereocenters. The van der Waals surface area contributed by atoms with Crippen molar-refractivity contribution < 1.29 is 38.1 Å². The van der Waals surface area contributed by atoms with Crippen LogP contribution >= 0.6 is 11.8 Å². The molecule has 0 saturated carbocycles. The van der Waals surface area contributed by atoms with E-state index in [4.69, 9.17) is 18.9 Å². The number of benzene rings is 5. The predicted octanol–water partition coefficient (Wildman–Crippen LogP) is 8.55. The molecule has 11 nitrogen and oxygen atoms in total. The maximum atomic E-state index is 13.9. The lowest BCUT2D eigenvalue weighted by Gasteiger charge is -2.18. The number of hydrogen-bond acceptors (Lipinski definition) is 9. The highest BCUT2D eigenvalue weighted by Gasteiger charge is 2.23. The Labute approximate surface area is 330 Å². The second kappa shape index (κ2) is 20.2. The van der Waals surface area contributed by atoms with E-state index in [1.54, 1.807) is 84.9 Å². The maximum absolute atomic E-state index is 13.9. The molecule has 0 saturated heterocycles. The number of amides is 3. The summed E-state index contributed by atoms with van der Waals surface area (Å²) in [5.74, 6) is -0.665. The second-order valence-electron chi connectivity index (χ2n) is 12.3. The summed E-state index contributed by atoms with van der Waals surface area (Å²) < 4.78 is 21.7. The normalized spacial score (nSPS) is 11.5. The van der Waals surface area contributed by atoms with Crippen LogP contribution in [0.15, 0.2) is 132 Å². The second-order valence-corrected chi connectivity index (χ2v) is 13.5. The molecular formula is C44H43N3O8S. The summed E-state index contributed by atoms with van der Waals surface area (Å²) in [5.41, 5.74) is 2.92. The summed E-state index contributed by atoms with van der Waals surface area (Å²) in [4.78, 5) is 54.1. The number of carbonyl (C=O) groups excluding carboxylic acids is 4. The van der Waals surface area contributed by atoms with E-state index in [1.165, 1.54) is 39.2 Å². The molecule has 56 heavy (non-hydrogen) atoms. The zero-order chi connectivity index (χ0) is 39.9. The van der Waals surface area contributed by atoms with Crippen molar-refractivity contribution in [1.82, 2.24) is 5.32 Å². The molecule has 5 aromatic rings. The molecular weight excluding hydrogens is 731 g/mol. The molecule has 0 heterocycles. The molecule has 0 fully saturated rings. The fourth-order valence-electron chi connectivity index (χ4n) is 5.47. The van der Waals surface area contributed by atoms with Gasteiger partial charge in [0.2, 0.25) is 11.7 Å². The van der Waals surface area contributed by atoms with Gasteiger partial charge in [0.25, 0.3) is 11.8 Å². The molecule has 3 amide bonds. The number of nitrogens with one attached hydrogen (secondary N) is 3. The Bertz CT molecular complexity index is 2130. The number of anilines is 2. The van der Waals surface area contributed by atoms with Crippen LogP contribution in [-0.2, 0) is 14.3 Å². The van der Waals surface area contributed by atoms with Crippen LogP contribution in [0.25, 0.3) is 6.08 Å². The molecule has 5 aromatic carbocycles. The first-order chi connectivity index (χ1) is 27.2. The first-order valence-electron chi connectivity index (χ1n) is 17.8. The van der Waals surface area contributed by atoms with Crippen LogP contribution in [0.2, 0.25) is 0 Å². The summed E-state index contributed by atoms with van der Waals surface area (Å²) in [5, 5.41) is 7.92. The van der Waals surface area contributed by atoms with Gasteiger partial charge in [0.05, 0.1) is 33.5 Å². The van der Waals surface area contributed by atoms with Gasteiger partial charge in [-0.2, -0.15) is 0 Å². The Morgan fingerprint density at radius 2 is 1.36 bits per heavy atom. The van der Waals surface area contributed by atoms with Gasteiger partial charge < -0.3 is 34.9 Å². The largest absolute Gasteiger partial charge is 0.493 e. The minimum Gasteiger partial charge on any atom is -0.493 e. The molecule has 5 rings (SSSR count). The first-order valence-corrected chi connectivity index (χ1v) is 18.7. The monoisotopic (exact) mass is 773 g/mol. The molecule has 0 aliphatic heterocycles. The van der Waals surface area contributed by atoms with Crippen LogP contribution in [0.1, 0.15) is 56.9 Å². The van der Waals surface area contributed by atoms with E-state index in [0.717, 1.165) is 18.4 Å². The topological polar surface area (TPSA) is 141 Å². The number of rotatable bonds is 17. The van der Waals surface area contributed by atoms with Gasteiger partial charge in [-0.15, -0.1) is 11.8 Å². The van der Waals surface area contributed by atoms with Crippen LogP contribution in [0, 0.1) is 0 Å². The highest BCUT2D eigenvalue weighted by Crippen LogP contribution is 2.39. The Balaban J connectivity index is 1.38. The lowest BCUT2D eigenvalue weighted by atomic mass is 10.1. The fourth-order valence-corrected chi connectivity index (χ4v) is 6.55. The van der Waals surface area contributed by atoms with Gasteiger partial charge >= 0.3 is 5.97 Å². The molecule has 1 unspecified atom stereocenters. The van der Waals surface area contributed by atoms with Crippen molar-refractivity contribution in [3.8, 4) is 17.2 Å². The standard InChI is InChI=1S/C44H43N3O8S/c1-5-6-24-55-44(51)32-20-22-33(23-21-32)45-43(50)40(30-14-9-7-10-15-30)56-35-19-13-18-34(28-35)46-42(49)36(47-41(48)31-16-11-8-12-17-31)25-29-26-37(52-2)39(54-4)38(27-29)53-3/h7-23,25-28,40H,5-6,24H2,1-4H3,(H,45,50)(H,46,49)(H,47,48)/b36-25+. The third-order valence-electron chi connectivity index (χ3n) is 8.33. The summed E-state index contributed by atoms with van der Waals surface area (Å²) >= 11 is 1.30. The SMILES string of the molecule is CCCCOC(=O)c1ccc(NC(=O)C(Sc2cccc(NC(=O)/C(=C\c3cc(OC)c(OC)c(OC)c3)NC(=O)c3ccccc3)c2)c2ccccc2)cc1. The highest BCUT2D eigenvalue weighted by atomic mass is 32.2. The molecule has 0 spiro atoms.